The maximum Gasteiger partial charge on any atom is 0.313 e. The van der Waals surface area contributed by atoms with E-state index in [1.165, 1.54) is 0 Å². The van der Waals surface area contributed by atoms with E-state index in [0.717, 1.165) is 26.7 Å². The highest BCUT2D eigenvalue weighted by atomic mass is 35.5. The van der Waals surface area contributed by atoms with Crippen molar-refractivity contribution in [3.05, 3.63) is 69.7 Å². The standard InChI is InChI=1S/C21H20ClN3O2S/c1-13-8-9-16(22)12-17(13)25-20(27)19(26)23-11-10-18-14(2)24-21(28-18)15-6-4-3-5-7-15/h3-9,12H,10-11H2,1-2H3,(H,23,26)(H,25,27). The average Bonchev–Trinajstić information content (AvgIpc) is 3.06. The smallest absolute Gasteiger partial charge is 0.313 e. The van der Waals surface area contributed by atoms with Crippen LogP contribution in [-0.2, 0) is 16.0 Å². The van der Waals surface area contributed by atoms with E-state index in [9.17, 15) is 9.59 Å². The minimum Gasteiger partial charge on any atom is -0.347 e. The lowest BCUT2D eigenvalue weighted by atomic mass is 10.2. The van der Waals surface area contributed by atoms with Crippen LogP contribution >= 0.6 is 22.9 Å². The molecule has 0 saturated heterocycles. The molecule has 0 aliphatic heterocycles. The molecule has 0 aliphatic carbocycles. The molecule has 0 fully saturated rings. The molecule has 2 N–H and O–H groups in total. The lowest BCUT2D eigenvalue weighted by Gasteiger charge is -2.09. The fourth-order valence-corrected chi connectivity index (χ4v) is 3.88. The third-order valence-electron chi connectivity index (χ3n) is 4.21. The molecule has 144 valence electrons. The Balaban J connectivity index is 1.55. The van der Waals surface area contributed by atoms with Gasteiger partial charge in [-0.1, -0.05) is 48.0 Å². The van der Waals surface area contributed by atoms with Crippen LogP contribution in [-0.4, -0.2) is 23.3 Å². The van der Waals surface area contributed by atoms with Crippen LogP contribution in [0, 0.1) is 13.8 Å². The predicted molar refractivity (Wildman–Crippen MR) is 114 cm³/mol. The number of anilines is 1. The quantitative estimate of drug-likeness (QED) is 0.610. The highest BCUT2D eigenvalue weighted by molar-refractivity contribution is 7.15. The molecule has 7 heteroatoms. The van der Waals surface area contributed by atoms with Gasteiger partial charge in [-0.3, -0.25) is 9.59 Å². The Hall–Kier alpha value is -2.70. The third-order valence-corrected chi connectivity index (χ3v) is 5.71. The molecule has 2 aromatic carbocycles. The molecule has 2 amide bonds. The van der Waals surface area contributed by atoms with E-state index >= 15 is 0 Å². The van der Waals surface area contributed by atoms with Crippen LogP contribution < -0.4 is 10.6 Å². The molecular weight excluding hydrogens is 394 g/mol. The van der Waals surface area contributed by atoms with Gasteiger partial charge in [-0.25, -0.2) is 4.98 Å². The Kier molecular flexibility index (Phi) is 6.44. The summed E-state index contributed by atoms with van der Waals surface area (Å²) >= 11 is 7.54. The summed E-state index contributed by atoms with van der Waals surface area (Å²) in [5.74, 6) is -1.39. The van der Waals surface area contributed by atoms with E-state index < -0.39 is 11.8 Å². The van der Waals surface area contributed by atoms with Gasteiger partial charge < -0.3 is 10.6 Å². The summed E-state index contributed by atoms with van der Waals surface area (Å²) in [4.78, 5) is 29.9. The number of rotatable bonds is 5. The van der Waals surface area contributed by atoms with Crippen molar-refractivity contribution >= 4 is 40.4 Å². The Morgan fingerprint density at radius 3 is 2.57 bits per heavy atom. The van der Waals surface area contributed by atoms with Crippen LogP contribution in [0.3, 0.4) is 0 Å². The number of hydrogen-bond donors (Lipinski definition) is 2. The van der Waals surface area contributed by atoms with Gasteiger partial charge in [0.25, 0.3) is 0 Å². The van der Waals surface area contributed by atoms with Gasteiger partial charge in [-0.15, -0.1) is 11.3 Å². The molecule has 0 aliphatic rings. The number of aromatic nitrogens is 1. The van der Waals surface area contributed by atoms with Crippen molar-refractivity contribution in [1.82, 2.24) is 10.3 Å². The Bertz CT molecular complexity index is 1000. The Morgan fingerprint density at radius 1 is 1.07 bits per heavy atom. The minimum atomic E-state index is -0.712. The lowest BCUT2D eigenvalue weighted by molar-refractivity contribution is -0.136. The number of carbonyl (C=O) groups excluding carboxylic acids is 2. The summed E-state index contributed by atoms with van der Waals surface area (Å²) in [6.45, 7) is 4.15. The molecule has 0 spiro atoms. The first-order valence-corrected chi connectivity index (χ1v) is 10.0. The molecule has 3 rings (SSSR count). The zero-order valence-electron chi connectivity index (χ0n) is 15.6. The maximum atomic E-state index is 12.1. The summed E-state index contributed by atoms with van der Waals surface area (Å²) in [5, 5.41) is 6.70. The maximum absolute atomic E-state index is 12.1. The predicted octanol–water partition coefficient (Wildman–Crippen LogP) is 4.38. The van der Waals surface area contributed by atoms with Crippen LogP contribution in [0.2, 0.25) is 5.02 Å². The Labute approximate surface area is 172 Å². The molecule has 0 saturated carbocycles. The monoisotopic (exact) mass is 413 g/mol. The number of amides is 2. The van der Waals surface area contributed by atoms with Gasteiger partial charge in [0.2, 0.25) is 0 Å². The van der Waals surface area contributed by atoms with Crippen LogP contribution in [0.15, 0.2) is 48.5 Å². The number of benzene rings is 2. The highest BCUT2D eigenvalue weighted by Gasteiger charge is 2.15. The number of carbonyl (C=O) groups is 2. The first-order chi connectivity index (χ1) is 13.4. The summed E-state index contributed by atoms with van der Waals surface area (Å²) in [5.41, 5.74) is 3.37. The molecular formula is C21H20ClN3O2S. The number of nitrogens with zero attached hydrogens (tertiary/aromatic N) is 1. The van der Waals surface area contributed by atoms with Crippen molar-refractivity contribution < 1.29 is 9.59 Å². The fraction of sp³-hybridized carbons (Fsp3) is 0.190. The van der Waals surface area contributed by atoms with Gasteiger partial charge in [-0.2, -0.15) is 0 Å². The molecule has 1 aromatic heterocycles. The van der Waals surface area contributed by atoms with Crippen LogP contribution in [0.1, 0.15) is 16.1 Å². The molecule has 3 aromatic rings. The van der Waals surface area contributed by atoms with Gasteiger partial charge >= 0.3 is 11.8 Å². The zero-order valence-corrected chi connectivity index (χ0v) is 17.2. The summed E-state index contributed by atoms with van der Waals surface area (Å²) in [6.07, 6.45) is 0.617. The first-order valence-electron chi connectivity index (χ1n) is 8.81. The molecule has 0 bridgehead atoms. The number of aryl methyl sites for hydroxylation is 2. The van der Waals surface area contributed by atoms with Crippen LogP contribution in [0.5, 0.6) is 0 Å². The SMILES string of the molecule is Cc1ccc(Cl)cc1NC(=O)C(=O)NCCc1sc(-c2ccccc2)nc1C. The highest BCUT2D eigenvalue weighted by Crippen LogP contribution is 2.27. The second kappa shape index (κ2) is 8.99. The van der Waals surface area contributed by atoms with Crippen molar-refractivity contribution in [2.24, 2.45) is 0 Å². The molecule has 0 radical (unpaired) electrons. The topological polar surface area (TPSA) is 71.1 Å². The van der Waals surface area contributed by atoms with Gasteiger partial charge in [-0.05, 0) is 31.5 Å². The minimum absolute atomic E-state index is 0.359. The van der Waals surface area contributed by atoms with E-state index in [-0.39, 0.29) is 0 Å². The van der Waals surface area contributed by atoms with Crippen molar-refractivity contribution in [2.45, 2.75) is 20.3 Å². The number of halogens is 1. The average molecular weight is 414 g/mol. The molecule has 5 nitrogen and oxygen atoms in total. The van der Waals surface area contributed by atoms with Gasteiger partial charge in [0.15, 0.2) is 0 Å². The summed E-state index contributed by atoms with van der Waals surface area (Å²) in [6, 6.07) is 15.1. The normalized spacial score (nSPS) is 10.5. The zero-order chi connectivity index (χ0) is 20.1. The van der Waals surface area contributed by atoms with Crippen LogP contribution in [0.25, 0.3) is 10.6 Å². The molecule has 0 atom stereocenters. The van der Waals surface area contributed by atoms with Crippen molar-refractivity contribution in [1.29, 1.82) is 0 Å². The second-order valence-corrected chi connectivity index (χ2v) is 7.83. The lowest BCUT2D eigenvalue weighted by Crippen LogP contribution is -2.36. The summed E-state index contributed by atoms with van der Waals surface area (Å²) < 4.78 is 0. The van der Waals surface area contributed by atoms with E-state index in [1.54, 1.807) is 29.5 Å². The molecule has 1 heterocycles. The second-order valence-electron chi connectivity index (χ2n) is 6.31. The van der Waals surface area contributed by atoms with Crippen LogP contribution in [0.4, 0.5) is 5.69 Å². The van der Waals surface area contributed by atoms with Crippen molar-refractivity contribution in [2.75, 3.05) is 11.9 Å². The number of hydrogen-bond acceptors (Lipinski definition) is 4. The van der Waals surface area contributed by atoms with E-state index in [2.05, 4.69) is 15.6 Å². The van der Waals surface area contributed by atoms with E-state index in [0.29, 0.717) is 23.7 Å². The van der Waals surface area contributed by atoms with Gasteiger partial charge in [0.1, 0.15) is 5.01 Å². The van der Waals surface area contributed by atoms with Gasteiger partial charge in [0.05, 0.1) is 5.69 Å². The summed E-state index contributed by atoms with van der Waals surface area (Å²) in [7, 11) is 0. The van der Waals surface area contributed by atoms with Crippen molar-refractivity contribution in [3.63, 3.8) is 0 Å². The molecule has 0 unspecified atom stereocenters. The van der Waals surface area contributed by atoms with Gasteiger partial charge in [0, 0.05) is 34.1 Å². The fourth-order valence-electron chi connectivity index (χ4n) is 2.64. The first kappa shape index (κ1) is 20.0. The van der Waals surface area contributed by atoms with Crippen molar-refractivity contribution in [3.8, 4) is 10.6 Å². The third kappa shape index (κ3) is 4.97. The molecule has 28 heavy (non-hydrogen) atoms. The van der Waals surface area contributed by atoms with E-state index in [1.807, 2.05) is 44.2 Å². The number of thiazole rings is 1. The number of nitrogens with one attached hydrogen (secondary N) is 2. The van der Waals surface area contributed by atoms with E-state index in [4.69, 9.17) is 11.6 Å². The largest absolute Gasteiger partial charge is 0.347 e. The Morgan fingerprint density at radius 2 is 1.82 bits per heavy atom.